The van der Waals surface area contributed by atoms with Crippen LogP contribution in [0.1, 0.15) is 37.3 Å². The molecule has 2 aromatic rings. The van der Waals surface area contributed by atoms with Crippen LogP contribution >= 0.6 is 0 Å². The molecular weight excluding hydrogens is 236 g/mol. The normalized spacial score (nSPS) is 12.6. The molecule has 1 heterocycles. The fourth-order valence-electron chi connectivity index (χ4n) is 2.28. The van der Waals surface area contributed by atoms with Crippen molar-refractivity contribution >= 4 is 0 Å². The van der Waals surface area contributed by atoms with Gasteiger partial charge in [-0.05, 0) is 33.4 Å². The van der Waals surface area contributed by atoms with Crippen molar-refractivity contribution in [2.24, 2.45) is 0 Å². The van der Waals surface area contributed by atoms with Crippen LogP contribution in [0.3, 0.4) is 0 Å². The molecule has 0 aliphatic rings. The average Bonchev–Trinajstić information content (AvgIpc) is 2.83. The van der Waals surface area contributed by atoms with Crippen molar-refractivity contribution in [2.45, 2.75) is 32.6 Å². The Morgan fingerprint density at radius 2 is 2.00 bits per heavy atom. The molecule has 1 N–H and O–H groups in total. The predicted octanol–water partition coefficient (Wildman–Crippen LogP) is 3.75. The van der Waals surface area contributed by atoms with Crippen molar-refractivity contribution in [3.05, 3.63) is 42.0 Å². The second-order valence-corrected chi connectivity index (χ2v) is 4.82. The van der Waals surface area contributed by atoms with E-state index in [-0.39, 0.29) is 0 Å². The molecular formula is C16H22N2O. The predicted molar refractivity (Wildman–Crippen MR) is 78.3 cm³/mol. The van der Waals surface area contributed by atoms with Gasteiger partial charge in [0.2, 0.25) is 0 Å². The topological polar surface area (TPSA) is 38.1 Å². The molecule has 1 atom stereocenters. The van der Waals surface area contributed by atoms with E-state index in [1.54, 1.807) is 0 Å². The van der Waals surface area contributed by atoms with Crippen LogP contribution in [-0.4, -0.2) is 18.6 Å². The first-order chi connectivity index (χ1) is 9.26. The van der Waals surface area contributed by atoms with Gasteiger partial charge in [0.1, 0.15) is 11.5 Å². The molecule has 1 unspecified atom stereocenters. The molecule has 0 bridgehead atoms. The highest BCUT2D eigenvalue weighted by Gasteiger charge is 2.18. The summed E-state index contributed by atoms with van der Waals surface area (Å²) in [7, 11) is 1.98. The second kappa shape index (κ2) is 6.53. The standard InChI is InChI=1S/C16H22N2O/c1-4-13(10-11-17-3)16-18-15(12(2)19-16)14-8-6-5-7-9-14/h5-9,13,17H,4,10-11H2,1-3H3. The van der Waals surface area contributed by atoms with Gasteiger partial charge in [-0.15, -0.1) is 0 Å². The van der Waals surface area contributed by atoms with Crippen molar-refractivity contribution in [3.8, 4) is 11.3 Å². The second-order valence-electron chi connectivity index (χ2n) is 4.82. The van der Waals surface area contributed by atoms with Gasteiger partial charge >= 0.3 is 0 Å². The molecule has 0 aliphatic carbocycles. The number of benzene rings is 1. The number of nitrogens with zero attached hydrogens (tertiary/aromatic N) is 1. The lowest BCUT2D eigenvalue weighted by atomic mass is 10.0. The van der Waals surface area contributed by atoms with Crippen LogP contribution in [0.4, 0.5) is 0 Å². The van der Waals surface area contributed by atoms with E-state index in [2.05, 4.69) is 24.4 Å². The number of oxazole rings is 1. The van der Waals surface area contributed by atoms with Gasteiger partial charge in [0.25, 0.3) is 0 Å². The molecule has 3 nitrogen and oxygen atoms in total. The maximum atomic E-state index is 5.88. The fourth-order valence-corrected chi connectivity index (χ4v) is 2.28. The molecule has 1 aromatic carbocycles. The van der Waals surface area contributed by atoms with E-state index in [0.717, 1.165) is 42.3 Å². The lowest BCUT2D eigenvalue weighted by molar-refractivity contribution is 0.407. The van der Waals surface area contributed by atoms with Gasteiger partial charge in [-0.1, -0.05) is 37.3 Å². The Bertz CT molecular complexity index is 505. The molecule has 0 aliphatic heterocycles. The Morgan fingerprint density at radius 1 is 1.26 bits per heavy atom. The van der Waals surface area contributed by atoms with E-state index < -0.39 is 0 Å². The zero-order chi connectivity index (χ0) is 13.7. The highest BCUT2D eigenvalue weighted by atomic mass is 16.4. The number of aryl methyl sites for hydroxylation is 1. The fraction of sp³-hybridized carbons (Fsp3) is 0.438. The number of aromatic nitrogens is 1. The van der Waals surface area contributed by atoms with Gasteiger partial charge in [0, 0.05) is 11.5 Å². The van der Waals surface area contributed by atoms with Crippen LogP contribution in [0.25, 0.3) is 11.3 Å². The van der Waals surface area contributed by atoms with Gasteiger partial charge < -0.3 is 9.73 Å². The van der Waals surface area contributed by atoms with E-state index in [4.69, 9.17) is 9.40 Å². The maximum Gasteiger partial charge on any atom is 0.198 e. The summed E-state index contributed by atoms with van der Waals surface area (Å²) in [4.78, 5) is 4.71. The quantitative estimate of drug-likeness (QED) is 0.857. The molecule has 0 saturated carbocycles. The van der Waals surface area contributed by atoms with Crippen LogP contribution in [0.5, 0.6) is 0 Å². The van der Waals surface area contributed by atoms with E-state index in [1.165, 1.54) is 0 Å². The third-order valence-corrected chi connectivity index (χ3v) is 3.45. The molecule has 3 heteroatoms. The summed E-state index contributed by atoms with van der Waals surface area (Å²) < 4.78 is 5.88. The zero-order valence-corrected chi connectivity index (χ0v) is 11.9. The van der Waals surface area contributed by atoms with Gasteiger partial charge in [0.05, 0.1) is 0 Å². The van der Waals surface area contributed by atoms with Crippen molar-refractivity contribution in [2.75, 3.05) is 13.6 Å². The monoisotopic (exact) mass is 258 g/mol. The van der Waals surface area contributed by atoms with Crippen molar-refractivity contribution in [3.63, 3.8) is 0 Å². The van der Waals surface area contributed by atoms with Crippen molar-refractivity contribution in [1.82, 2.24) is 10.3 Å². The Kier molecular flexibility index (Phi) is 4.74. The summed E-state index contributed by atoms with van der Waals surface area (Å²) in [5.41, 5.74) is 2.09. The molecule has 102 valence electrons. The number of hydrogen-bond acceptors (Lipinski definition) is 3. The Morgan fingerprint density at radius 3 is 2.63 bits per heavy atom. The number of rotatable bonds is 6. The van der Waals surface area contributed by atoms with Gasteiger partial charge in [-0.3, -0.25) is 0 Å². The number of nitrogens with one attached hydrogen (secondary N) is 1. The van der Waals surface area contributed by atoms with E-state index in [0.29, 0.717) is 5.92 Å². The maximum absolute atomic E-state index is 5.88. The molecule has 19 heavy (non-hydrogen) atoms. The third-order valence-electron chi connectivity index (χ3n) is 3.45. The van der Waals surface area contributed by atoms with Crippen LogP contribution in [0.15, 0.2) is 34.7 Å². The molecule has 1 aromatic heterocycles. The van der Waals surface area contributed by atoms with E-state index >= 15 is 0 Å². The summed E-state index contributed by atoms with van der Waals surface area (Å²) in [6, 6.07) is 10.2. The Balaban J connectivity index is 2.25. The smallest absolute Gasteiger partial charge is 0.198 e. The summed E-state index contributed by atoms with van der Waals surface area (Å²) in [5, 5.41) is 3.19. The Labute approximate surface area is 115 Å². The first-order valence-electron chi connectivity index (χ1n) is 6.93. The lowest BCUT2D eigenvalue weighted by Crippen LogP contribution is -2.12. The number of hydrogen-bond donors (Lipinski definition) is 1. The van der Waals surface area contributed by atoms with E-state index in [1.807, 2.05) is 32.2 Å². The highest BCUT2D eigenvalue weighted by molar-refractivity contribution is 5.60. The molecule has 0 saturated heterocycles. The summed E-state index contributed by atoms with van der Waals surface area (Å²) in [6.07, 6.45) is 2.11. The van der Waals surface area contributed by atoms with Crippen LogP contribution in [0, 0.1) is 6.92 Å². The van der Waals surface area contributed by atoms with Gasteiger partial charge in [0.15, 0.2) is 5.89 Å². The van der Waals surface area contributed by atoms with E-state index in [9.17, 15) is 0 Å². The molecule has 0 radical (unpaired) electrons. The zero-order valence-electron chi connectivity index (χ0n) is 11.9. The van der Waals surface area contributed by atoms with Crippen LogP contribution < -0.4 is 5.32 Å². The van der Waals surface area contributed by atoms with Gasteiger partial charge in [-0.25, -0.2) is 4.98 Å². The summed E-state index contributed by atoms with van der Waals surface area (Å²) in [6.45, 7) is 5.16. The molecule has 0 spiro atoms. The SMILES string of the molecule is CCC(CCNC)c1nc(-c2ccccc2)c(C)o1. The minimum Gasteiger partial charge on any atom is -0.445 e. The lowest BCUT2D eigenvalue weighted by Gasteiger charge is -2.09. The highest BCUT2D eigenvalue weighted by Crippen LogP contribution is 2.29. The van der Waals surface area contributed by atoms with Crippen LogP contribution in [0.2, 0.25) is 0 Å². The Hall–Kier alpha value is -1.61. The molecule has 2 rings (SSSR count). The third kappa shape index (κ3) is 3.24. The minimum absolute atomic E-state index is 0.392. The first kappa shape index (κ1) is 13.8. The largest absolute Gasteiger partial charge is 0.445 e. The van der Waals surface area contributed by atoms with Crippen molar-refractivity contribution < 1.29 is 4.42 Å². The molecule has 0 amide bonds. The first-order valence-corrected chi connectivity index (χ1v) is 6.93. The minimum atomic E-state index is 0.392. The molecule has 0 fully saturated rings. The summed E-state index contributed by atoms with van der Waals surface area (Å²) >= 11 is 0. The average molecular weight is 258 g/mol. The van der Waals surface area contributed by atoms with Crippen molar-refractivity contribution in [1.29, 1.82) is 0 Å². The van der Waals surface area contributed by atoms with Gasteiger partial charge in [-0.2, -0.15) is 0 Å². The summed E-state index contributed by atoms with van der Waals surface area (Å²) in [5.74, 6) is 2.17. The van der Waals surface area contributed by atoms with Crippen LogP contribution in [-0.2, 0) is 0 Å².